The van der Waals surface area contributed by atoms with Crippen molar-refractivity contribution in [3.05, 3.63) is 35.4 Å². The van der Waals surface area contributed by atoms with Crippen molar-refractivity contribution in [2.75, 3.05) is 13.6 Å². The van der Waals surface area contributed by atoms with Crippen LogP contribution in [0.2, 0.25) is 0 Å². The Bertz CT molecular complexity index is 392. The van der Waals surface area contributed by atoms with Crippen LogP contribution in [0.3, 0.4) is 0 Å². The van der Waals surface area contributed by atoms with Gasteiger partial charge in [-0.1, -0.05) is 52.0 Å². The quantitative estimate of drug-likeness (QED) is 0.842. The van der Waals surface area contributed by atoms with Crippen LogP contribution in [0.4, 0.5) is 0 Å². The predicted molar refractivity (Wildman–Crippen MR) is 79.2 cm³/mol. The van der Waals surface area contributed by atoms with Crippen molar-refractivity contribution >= 4 is 0 Å². The Morgan fingerprint density at radius 1 is 1.11 bits per heavy atom. The molecule has 0 spiro atoms. The van der Waals surface area contributed by atoms with E-state index in [1.165, 1.54) is 24.0 Å². The molecule has 100 valence electrons. The maximum atomic E-state index is 3.38. The molecule has 1 N–H and O–H groups in total. The standard InChI is InChI=1S/C17H27N/c1-13(2)14-6-8-15(9-7-14)17(12-18-5)10-16(3,4)11-17/h6-9,13,18H,10-12H2,1-5H3. The van der Waals surface area contributed by atoms with Gasteiger partial charge in [-0.05, 0) is 42.3 Å². The van der Waals surface area contributed by atoms with Crippen LogP contribution < -0.4 is 5.32 Å². The molecule has 1 aromatic carbocycles. The molecule has 0 saturated heterocycles. The van der Waals surface area contributed by atoms with Crippen molar-refractivity contribution in [3.63, 3.8) is 0 Å². The fourth-order valence-corrected chi connectivity index (χ4v) is 3.77. The zero-order chi connectivity index (χ0) is 13.4. The topological polar surface area (TPSA) is 12.0 Å². The van der Waals surface area contributed by atoms with Crippen molar-refractivity contribution in [1.29, 1.82) is 0 Å². The molecule has 0 radical (unpaired) electrons. The van der Waals surface area contributed by atoms with Gasteiger partial charge in [0.15, 0.2) is 0 Å². The monoisotopic (exact) mass is 245 g/mol. The number of hydrogen-bond donors (Lipinski definition) is 1. The summed E-state index contributed by atoms with van der Waals surface area (Å²) in [6, 6.07) is 9.31. The molecule has 1 fully saturated rings. The summed E-state index contributed by atoms with van der Waals surface area (Å²) in [6.45, 7) is 10.4. The molecule has 1 aliphatic carbocycles. The third-order valence-corrected chi connectivity index (χ3v) is 4.34. The predicted octanol–water partition coefficient (Wildman–Crippen LogP) is 4.09. The third-order valence-electron chi connectivity index (χ3n) is 4.34. The molecule has 1 nitrogen and oxygen atoms in total. The van der Waals surface area contributed by atoms with Crippen LogP contribution in [0.5, 0.6) is 0 Å². The minimum absolute atomic E-state index is 0.369. The normalized spacial score (nSPS) is 20.8. The van der Waals surface area contributed by atoms with Gasteiger partial charge in [0.1, 0.15) is 0 Å². The van der Waals surface area contributed by atoms with Gasteiger partial charge < -0.3 is 5.32 Å². The zero-order valence-electron chi connectivity index (χ0n) is 12.5. The molecule has 0 aliphatic heterocycles. The number of likely N-dealkylation sites (N-methyl/N-ethyl adjacent to an activating group) is 1. The smallest absolute Gasteiger partial charge is 0.00878 e. The Hall–Kier alpha value is -0.820. The van der Waals surface area contributed by atoms with E-state index in [4.69, 9.17) is 0 Å². The van der Waals surface area contributed by atoms with E-state index in [-0.39, 0.29) is 0 Å². The van der Waals surface area contributed by atoms with Crippen molar-refractivity contribution in [2.24, 2.45) is 5.41 Å². The second kappa shape index (κ2) is 4.70. The minimum Gasteiger partial charge on any atom is -0.319 e. The lowest BCUT2D eigenvalue weighted by Gasteiger charge is -2.54. The van der Waals surface area contributed by atoms with Crippen LogP contribution in [0, 0.1) is 5.41 Å². The molecule has 0 amide bonds. The zero-order valence-corrected chi connectivity index (χ0v) is 12.5. The van der Waals surface area contributed by atoms with Crippen LogP contribution in [-0.4, -0.2) is 13.6 Å². The molecule has 1 aromatic rings. The van der Waals surface area contributed by atoms with E-state index in [1.54, 1.807) is 0 Å². The largest absolute Gasteiger partial charge is 0.319 e. The third kappa shape index (κ3) is 2.47. The molecule has 0 atom stereocenters. The Labute approximate surface area is 112 Å². The first-order valence-corrected chi connectivity index (χ1v) is 7.14. The maximum absolute atomic E-state index is 3.38. The van der Waals surface area contributed by atoms with E-state index in [0.717, 1.165) is 6.54 Å². The molecule has 1 aliphatic rings. The number of rotatable bonds is 4. The lowest BCUT2D eigenvalue weighted by atomic mass is 9.52. The van der Waals surface area contributed by atoms with Crippen LogP contribution in [-0.2, 0) is 5.41 Å². The molecule has 1 saturated carbocycles. The highest BCUT2D eigenvalue weighted by molar-refractivity contribution is 5.34. The molecule has 0 aromatic heterocycles. The van der Waals surface area contributed by atoms with Crippen LogP contribution in [0.15, 0.2) is 24.3 Å². The van der Waals surface area contributed by atoms with Gasteiger partial charge >= 0.3 is 0 Å². The second-order valence-corrected chi connectivity index (χ2v) is 7.11. The number of nitrogens with one attached hydrogen (secondary N) is 1. The van der Waals surface area contributed by atoms with Gasteiger partial charge in [-0.15, -0.1) is 0 Å². The Balaban J connectivity index is 2.22. The van der Waals surface area contributed by atoms with Crippen LogP contribution >= 0.6 is 0 Å². The lowest BCUT2D eigenvalue weighted by molar-refractivity contribution is 0.0578. The summed E-state index contributed by atoms with van der Waals surface area (Å²) in [5, 5.41) is 3.38. The van der Waals surface area contributed by atoms with E-state index >= 15 is 0 Å². The molecule has 2 rings (SSSR count). The van der Waals surface area contributed by atoms with Crippen LogP contribution in [0.25, 0.3) is 0 Å². The van der Waals surface area contributed by atoms with E-state index < -0.39 is 0 Å². The highest BCUT2D eigenvalue weighted by Crippen LogP contribution is 2.55. The Morgan fingerprint density at radius 3 is 2.06 bits per heavy atom. The Morgan fingerprint density at radius 2 is 1.67 bits per heavy atom. The average Bonchev–Trinajstić information content (AvgIpc) is 2.26. The summed E-state index contributed by atoms with van der Waals surface area (Å²) >= 11 is 0. The van der Waals surface area contributed by atoms with Gasteiger partial charge in [0.2, 0.25) is 0 Å². The molecule has 18 heavy (non-hydrogen) atoms. The van der Waals surface area contributed by atoms with E-state index in [9.17, 15) is 0 Å². The van der Waals surface area contributed by atoms with Gasteiger partial charge in [-0.2, -0.15) is 0 Å². The minimum atomic E-state index is 0.369. The maximum Gasteiger partial charge on any atom is 0.00878 e. The summed E-state index contributed by atoms with van der Waals surface area (Å²) in [7, 11) is 2.07. The van der Waals surface area contributed by atoms with Crippen molar-refractivity contribution in [2.45, 2.75) is 51.9 Å². The summed E-state index contributed by atoms with van der Waals surface area (Å²) in [5.41, 5.74) is 3.83. The highest BCUT2D eigenvalue weighted by Gasteiger charge is 2.49. The second-order valence-electron chi connectivity index (χ2n) is 7.11. The fraction of sp³-hybridized carbons (Fsp3) is 0.647. The molecule has 0 bridgehead atoms. The molecule has 0 unspecified atom stereocenters. The molecule has 1 heteroatoms. The van der Waals surface area contributed by atoms with Gasteiger partial charge in [0.25, 0.3) is 0 Å². The Kier molecular flexibility index (Phi) is 3.55. The molecule has 0 heterocycles. The van der Waals surface area contributed by atoms with Gasteiger partial charge in [-0.25, -0.2) is 0 Å². The van der Waals surface area contributed by atoms with Gasteiger partial charge in [-0.3, -0.25) is 0 Å². The SMILES string of the molecule is CNCC1(c2ccc(C(C)C)cc2)CC(C)(C)C1. The van der Waals surface area contributed by atoms with Crippen molar-refractivity contribution < 1.29 is 0 Å². The van der Waals surface area contributed by atoms with Crippen LogP contribution in [0.1, 0.15) is 57.6 Å². The van der Waals surface area contributed by atoms with E-state index in [2.05, 4.69) is 64.3 Å². The first-order valence-electron chi connectivity index (χ1n) is 7.14. The summed E-state index contributed by atoms with van der Waals surface area (Å²) < 4.78 is 0. The first kappa shape index (κ1) is 13.6. The van der Waals surface area contributed by atoms with Gasteiger partial charge in [0, 0.05) is 12.0 Å². The molecular formula is C17H27N. The number of benzene rings is 1. The van der Waals surface area contributed by atoms with E-state index in [1.807, 2.05) is 0 Å². The summed E-state index contributed by atoms with van der Waals surface area (Å²) in [6.07, 6.45) is 2.59. The first-order chi connectivity index (χ1) is 8.38. The number of hydrogen-bond acceptors (Lipinski definition) is 1. The fourth-order valence-electron chi connectivity index (χ4n) is 3.77. The van der Waals surface area contributed by atoms with E-state index in [0.29, 0.717) is 16.7 Å². The average molecular weight is 245 g/mol. The van der Waals surface area contributed by atoms with Crippen molar-refractivity contribution in [3.8, 4) is 0 Å². The van der Waals surface area contributed by atoms with Gasteiger partial charge in [0.05, 0.1) is 0 Å². The highest BCUT2D eigenvalue weighted by atomic mass is 14.8. The summed E-state index contributed by atoms with van der Waals surface area (Å²) in [5.74, 6) is 0.622. The summed E-state index contributed by atoms with van der Waals surface area (Å²) in [4.78, 5) is 0. The lowest BCUT2D eigenvalue weighted by Crippen LogP contribution is -2.51. The van der Waals surface area contributed by atoms with Crippen molar-refractivity contribution in [1.82, 2.24) is 5.32 Å². The molecular weight excluding hydrogens is 218 g/mol.